The van der Waals surface area contributed by atoms with Gasteiger partial charge in [0.15, 0.2) is 6.61 Å². The average molecular weight is 372 g/mol. The summed E-state index contributed by atoms with van der Waals surface area (Å²) in [5.41, 5.74) is 2.27. The number of likely N-dealkylation sites (N-methyl/N-ethyl adjacent to an activating group) is 1. The summed E-state index contributed by atoms with van der Waals surface area (Å²) in [5.74, 6) is -0.529. The van der Waals surface area contributed by atoms with E-state index >= 15 is 0 Å². The van der Waals surface area contributed by atoms with Crippen LogP contribution in [0.3, 0.4) is 0 Å². The smallest absolute Gasteiger partial charge is 0.261 e. The molecule has 0 aliphatic carbocycles. The third kappa shape index (κ3) is 5.29. The summed E-state index contributed by atoms with van der Waals surface area (Å²) in [4.78, 5) is 26.2. The maximum atomic E-state index is 14.0. The van der Waals surface area contributed by atoms with Crippen molar-refractivity contribution < 1.29 is 18.7 Å². The van der Waals surface area contributed by atoms with Gasteiger partial charge in [-0.2, -0.15) is 0 Å². The van der Waals surface area contributed by atoms with Crippen molar-refractivity contribution in [3.63, 3.8) is 0 Å². The van der Waals surface area contributed by atoms with Crippen molar-refractivity contribution >= 4 is 11.8 Å². The van der Waals surface area contributed by atoms with Gasteiger partial charge in [0.25, 0.3) is 5.91 Å². The van der Waals surface area contributed by atoms with Gasteiger partial charge in [-0.25, -0.2) is 4.39 Å². The highest BCUT2D eigenvalue weighted by Crippen LogP contribution is 2.20. The van der Waals surface area contributed by atoms with E-state index in [4.69, 9.17) is 4.74 Å². The van der Waals surface area contributed by atoms with Crippen LogP contribution in [0.1, 0.15) is 23.6 Å². The molecule has 0 heterocycles. The van der Waals surface area contributed by atoms with Gasteiger partial charge in [0.1, 0.15) is 17.6 Å². The molecule has 2 aromatic rings. The summed E-state index contributed by atoms with van der Waals surface area (Å²) in [6, 6.07) is 11.2. The number of carbonyl (C=O) groups is 2. The van der Waals surface area contributed by atoms with Gasteiger partial charge in [-0.3, -0.25) is 9.59 Å². The van der Waals surface area contributed by atoms with E-state index < -0.39 is 17.8 Å². The number of ether oxygens (including phenoxy) is 1. The quantitative estimate of drug-likeness (QED) is 0.813. The molecule has 2 amide bonds. The Bertz CT molecular complexity index is 823. The summed E-state index contributed by atoms with van der Waals surface area (Å²) in [6.07, 6.45) is 0. The summed E-state index contributed by atoms with van der Waals surface area (Å²) in [6.45, 7) is 5.18. The number of aryl methyl sites for hydroxylation is 2. The molecule has 1 atom stereocenters. The minimum Gasteiger partial charge on any atom is -0.483 e. The lowest BCUT2D eigenvalue weighted by molar-refractivity contribution is -0.142. The van der Waals surface area contributed by atoms with Crippen LogP contribution in [0.15, 0.2) is 42.5 Å². The maximum absolute atomic E-state index is 14.0. The van der Waals surface area contributed by atoms with Crippen LogP contribution in [0.25, 0.3) is 0 Å². The summed E-state index contributed by atoms with van der Waals surface area (Å²) in [7, 11) is 1.50. The van der Waals surface area contributed by atoms with Crippen molar-refractivity contribution in [1.82, 2.24) is 10.2 Å². The van der Waals surface area contributed by atoms with Gasteiger partial charge >= 0.3 is 0 Å². The molecule has 0 bridgehead atoms. The summed E-state index contributed by atoms with van der Waals surface area (Å²) in [5, 5.41) is 2.52. The molecule has 2 rings (SSSR count). The molecule has 0 saturated heterocycles. The average Bonchev–Trinajstić information content (AvgIpc) is 2.66. The molecule has 0 aromatic heterocycles. The monoisotopic (exact) mass is 372 g/mol. The lowest BCUT2D eigenvalue weighted by Crippen LogP contribution is -2.48. The van der Waals surface area contributed by atoms with Gasteiger partial charge in [-0.15, -0.1) is 0 Å². The van der Waals surface area contributed by atoms with E-state index in [1.165, 1.54) is 18.0 Å². The van der Waals surface area contributed by atoms with Crippen molar-refractivity contribution in [2.24, 2.45) is 0 Å². The molecular weight excluding hydrogens is 347 g/mol. The maximum Gasteiger partial charge on any atom is 0.261 e. The lowest BCUT2D eigenvalue weighted by atomic mass is 10.1. The first-order valence-corrected chi connectivity index (χ1v) is 8.78. The molecule has 0 aliphatic heterocycles. The Morgan fingerprint density at radius 1 is 1.19 bits per heavy atom. The van der Waals surface area contributed by atoms with Gasteiger partial charge in [0.05, 0.1) is 0 Å². The van der Waals surface area contributed by atoms with Gasteiger partial charge < -0.3 is 15.0 Å². The fourth-order valence-electron chi connectivity index (χ4n) is 2.69. The van der Waals surface area contributed by atoms with Crippen LogP contribution in [-0.4, -0.2) is 36.4 Å². The zero-order valence-corrected chi connectivity index (χ0v) is 16.1. The summed E-state index contributed by atoms with van der Waals surface area (Å²) >= 11 is 0. The minimum atomic E-state index is -0.760. The molecule has 144 valence electrons. The number of carbonyl (C=O) groups excluding carboxylic acids is 2. The molecule has 0 aliphatic rings. The number of nitrogens with one attached hydrogen (secondary N) is 1. The zero-order valence-electron chi connectivity index (χ0n) is 16.1. The molecule has 27 heavy (non-hydrogen) atoms. The van der Waals surface area contributed by atoms with E-state index in [1.54, 1.807) is 25.1 Å². The van der Waals surface area contributed by atoms with E-state index in [0.717, 1.165) is 11.1 Å². The van der Waals surface area contributed by atoms with E-state index in [2.05, 4.69) is 5.32 Å². The molecule has 0 unspecified atom stereocenters. The standard InChI is InChI=1S/C21H25FN2O3/c1-14-9-10-15(2)19(11-14)27-13-20(25)24(16(3)21(26)23-4)12-17-7-5-6-8-18(17)22/h5-11,16H,12-13H2,1-4H3,(H,23,26)/t16-/m1/s1. The SMILES string of the molecule is CNC(=O)[C@@H](C)N(Cc1ccccc1F)C(=O)COc1cc(C)ccc1C. The van der Waals surface area contributed by atoms with Crippen molar-refractivity contribution in [3.8, 4) is 5.75 Å². The molecule has 6 heteroatoms. The Morgan fingerprint density at radius 2 is 1.89 bits per heavy atom. The predicted molar refractivity (Wildman–Crippen MR) is 102 cm³/mol. The highest BCUT2D eigenvalue weighted by Gasteiger charge is 2.26. The van der Waals surface area contributed by atoms with Crippen LogP contribution in [0.5, 0.6) is 5.75 Å². The number of amides is 2. The summed E-state index contributed by atoms with van der Waals surface area (Å²) < 4.78 is 19.7. The van der Waals surface area contributed by atoms with E-state index in [0.29, 0.717) is 11.3 Å². The second-order valence-corrected chi connectivity index (χ2v) is 6.46. The van der Waals surface area contributed by atoms with Crippen LogP contribution < -0.4 is 10.1 Å². The van der Waals surface area contributed by atoms with Crippen LogP contribution >= 0.6 is 0 Å². The molecule has 5 nitrogen and oxygen atoms in total. The first kappa shape index (κ1) is 20.4. The number of hydrogen-bond donors (Lipinski definition) is 1. The highest BCUT2D eigenvalue weighted by atomic mass is 19.1. The number of halogens is 1. The van der Waals surface area contributed by atoms with Crippen molar-refractivity contribution in [2.75, 3.05) is 13.7 Å². The predicted octanol–water partition coefficient (Wildman–Crippen LogP) is 2.98. The number of nitrogens with zero attached hydrogens (tertiary/aromatic N) is 1. The third-order valence-electron chi connectivity index (χ3n) is 4.41. The van der Waals surface area contributed by atoms with Crippen LogP contribution in [-0.2, 0) is 16.1 Å². The van der Waals surface area contributed by atoms with E-state index in [1.807, 2.05) is 32.0 Å². The Labute approximate surface area is 159 Å². The largest absolute Gasteiger partial charge is 0.483 e. The topological polar surface area (TPSA) is 58.6 Å². The molecule has 2 aromatic carbocycles. The fraction of sp³-hybridized carbons (Fsp3) is 0.333. The van der Waals surface area contributed by atoms with Gasteiger partial charge in [-0.1, -0.05) is 30.3 Å². The Kier molecular flexibility index (Phi) is 6.93. The fourth-order valence-corrected chi connectivity index (χ4v) is 2.69. The van der Waals surface area contributed by atoms with E-state index in [-0.39, 0.29) is 19.1 Å². The van der Waals surface area contributed by atoms with Crippen molar-refractivity contribution in [2.45, 2.75) is 33.4 Å². The molecule has 0 radical (unpaired) electrons. The molecule has 1 N–H and O–H groups in total. The number of benzene rings is 2. The first-order valence-electron chi connectivity index (χ1n) is 8.78. The van der Waals surface area contributed by atoms with E-state index in [9.17, 15) is 14.0 Å². The molecule has 0 spiro atoms. The van der Waals surface area contributed by atoms with Crippen LogP contribution in [0, 0.1) is 19.7 Å². The van der Waals surface area contributed by atoms with Gasteiger partial charge in [0, 0.05) is 19.2 Å². The second-order valence-electron chi connectivity index (χ2n) is 6.46. The normalized spacial score (nSPS) is 11.6. The van der Waals surface area contributed by atoms with Gasteiger partial charge in [0.2, 0.25) is 5.91 Å². The third-order valence-corrected chi connectivity index (χ3v) is 4.41. The Morgan fingerprint density at radius 3 is 2.56 bits per heavy atom. The first-order chi connectivity index (χ1) is 12.8. The molecule has 0 fully saturated rings. The number of hydrogen-bond acceptors (Lipinski definition) is 3. The molecular formula is C21H25FN2O3. The second kappa shape index (κ2) is 9.16. The Hall–Kier alpha value is -2.89. The minimum absolute atomic E-state index is 0.0176. The zero-order chi connectivity index (χ0) is 20.0. The van der Waals surface area contributed by atoms with Crippen molar-refractivity contribution in [3.05, 3.63) is 65.0 Å². The van der Waals surface area contributed by atoms with Crippen LogP contribution in [0.2, 0.25) is 0 Å². The van der Waals surface area contributed by atoms with Crippen molar-refractivity contribution in [1.29, 1.82) is 0 Å². The highest BCUT2D eigenvalue weighted by molar-refractivity contribution is 5.87. The van der Waals surface area contributed by atoms with Crippen LogP contribution in [0.4, 0.5) is 4.39 Å². The lowest BCUT2D eigenvalue weighted by Gasteiger charge is -2.28. The molecule has 0 saturated carbocycles. The number of rotatable bonds is 7. The Balaban J connectivity index is 2.18. The van der Waals surface area contributed by atoms with Gasteiger partial charge in [-0.05, 0) is 44.0 Å².